The lowest BCUT2D eigenvalue weighted by Crippen LogP contribution is -2.37. The summed E-state index contributed by atoms with van der Waals surface area (Å²) in [6, 6.07) is 0. The van der Waals surface area contributed by atoms with Gasteiger partial charge in [-0.15, -0.1) is 12.4 Å². The molecule has 2 aliphatic heterocycles. The highest BCUT2D eigenvalue weighted by Gasteiger charge is 2.39. The zero-order valence-corrected chi connectivity index (χ0v) is 14.9. The zero-order valence-electron chi connectivity index (χ0n) is 14.1. The van der Waals surface area contributed by atoms with Crippen molar-refractivity contribution in [1.82, 2.24) is 20.2 Å². The van der Waals surface area contributed by atoms with E-state index in [2.05, 4.69) is 15.3 Å². The van der Waals surface area contributed by atoms with Crippen molar-refractivity contribution < 1.29 is 4.79 Å². The number of aromatic amines is 1. The van der Waals surface area contributed by atoms with Gasteiger partial charge in [0.1, 0.15) is 11.4 Å². The van der Waals surface area contributed by atoms with Crippen molar-refractivity contribution in [3.63, 3.8) is 0 Å². The van der Waals surface area contributed by atoms with E-state index in [-0.39, 0.29) is 34.9 Å². The van der Waals surface area contributed by atoms with E-state index < -0.39 is 0 Å². The molecule has 6 nitrogen and oxygen atoms in total. The molecule has 3 heterocycles. The summed E-state index contributed by atoms with van der Waals surface area (Å²) in [5.74, 6) is 1.48. The maximum absolute atomic E-state index is 12.7. The lowest BCUT2D eigenvalue weighted by Gasteiger charge is -2.21. The van der Waals surface area contributed by atoms with Gasteiger partial charge in [-0.3, -0.25) is 9.59 Å². The van der Waals surface area contributed by atoms with E-state index in [1.165, 1.54) is 0 Å². The molecule has 0 unspecified atom stereocenters. The van der Waals surface area contributed by atoms with Crippen molar-refractivity contribution in [2.24, 2.45) is 11.8 Å². The lowest BCUT2D eigenvalue weighted by atomic mass is 9.95. The number of amides is 1. The molecule has 1 amide bonds. The van der Waals surface area contributed by atoms with E-state index in [0.29, 0.717) is 23.4 Å². The van der Waals surface area contributed by atoms with Crippen LogP contribution in [0.15, 0.2) is 4.79 Å². The Balaban J connectivity index is 0.00000192. The molecule has 128 valence electrons. The minimum Gasteiger partial charge on any atom is -0.338 e. The van der Waals surface area contributed by atoms with Crippen LogP contribution in [0.25, 0.3) is 0 Å². The van der Waals surface area contributed by atoms with E-state index in [1.807, 2.05) is 25.7 Å². The number of aromatic nitrogens is 2. The SMILES string of the molecule is Cc1nc(C(C)(C)C)[nH]c(=O)c1C(=O)N1C[C@H]2CNC[C@H]2C1.Cl. The van der Waals surface area contributed by atoms with Crippen molar-refractivity contribution >= 4 is 18.3 Å². The summed E-state index contributed by atoms with van der Waals surface area (Å²) >= 11 is 0. The Morgan fingerprint density at radius 1 is 1.22 bits per heavy atom. The number of hydrogen-bond donors (Lipinski definition) is 2. The molecule has 2 saturated heterocycles. The average Bonchev–Trinajstić information content (AvgIpc) is 2.96. The number of carbonyl (C=O) groups is 1. The second-order valence-electron chi connectivity index (χ2n) is 7.51. The summed E-state index contributed by atoms with van der Waals surface area (Å²) in [5, 5.41) is 3.35. The molecule has 3 rings (SSSR count). The average molecular weight is 341 g/mol. The van der Waals surface area contributed by atoms with Crippen molar-refractivity contribution in [1.29, 1.82) is 0 Å². The summed E-state index contributed by atoms with van der Waals surface area (Å²) in [6.07, 6.45) is 0. The van der Waals surface area contributed by atoms with Gasteiger partial charge in [0.05, 0.1) is 5.69 Å². The maximum atomic E-state index is 12.7. The molecule has 2 fully saturated rings. The zero-order chi connectivity index (χ0) is 16.1. The number of H-pyrrole nitrogens is 1. The largest absolute Gasteiger partial charge is 0.338 e. The number of hydrogen-bond acceptors (Lipinski definition) is 4. The summed E-state index contributed by atoms with van der Waals surface area (Å²) < 4.78 is 0. The predicted octanol–water partition coefficient (Wildman–Crippen LogP) is 1.09. The fourth-order valence-electron chi connectivity index (χ4n) is 3.37. The molecular formula is C16H25ClN4O2. The van der Waals surface area contributed by atoms with Crippen LogP contribution in [-0.2, 0) is 5.41 Å². The van der Waals surface area contributed by atoms with Crippen molar-refractivity contribution in [3.8, 4) is 0 Å². The highest BCUT2D eigenvalue weighted by molar-refractivity contribution is 5.95. The number of nitrogens with zero attached hydrogens (tertiary/aromatic N) is 2. The Labute approximate surface area is 142 Å². The first-order valence-electron chi connectivity index (χ1n) is 7.88. The van der Waals surface area contributed by atoms with E-state index in [1.54, 1.807) is 6.92 Å². The van der Waals surface area contributed by atoms with Crippen LogP contribution in [0.5, 0.6) is 0 Å². The number of carbonyl (C=O) groups excluding carboxylic acids is 1. The van der Waals surface area contributed by atoms with Gasteiger partial charge in [-0.25, -0.2) is 4.98 Å². The van der Waals surface area contributed by atoms with Crippen LogP contribution in [0.3, 0.4) is 0 Å². The van der Waals surface area contributed by atoms with E-state index in [4.69, 9.17) is 0 Å². The molecule has 0 saturated carbocycles. The van der Waals surface area contributed by atoms with E-state index >= 15 is 0 Å². The van der Waals surface area contributed by atoms with Gasteiger partial charge in [0.15, 0.2) is 0 Å². The summed E-state index contributed by atoms with van der Waals surface area (Å²) in [6.45, 7) is 11.1. The van der Waals surface area contributed by atoms with Crippen LogP contribution >= 0.6 is 12.4 Å². The number of nitrogens with one attached hydrogen (secondary N) is 2. The smallest absolute Gasteiger partial charge is 0.264 e. The molecule has 2 aliphatic rings. The Morgan fingerprint density at radius 2 is 1.78 bits per heavy atom. The van der Waals surface area contributed by atoms with E-state index in [9.17, 15) is 9.59 Å². The number of aryl methyl sites for hydroxylation is 1. The van der Waals surface area contributed by atoms with Crippen LogP contribution in [-0.4, -0.2) is 47.0 Å². The van der Waals surface area contributed by atoms with Gasteiger partial charge in [-0.1, -0.05) is 20.8 Å². The molecule has 1 aromatic heterocycles. The molecular weight excluding hydrogens is 316 g/mol. The summed E-state index contributed by atoms with van der Waals surface area (Å²) in [5.41, 5.74) is 0.148. The van der Waals surface area contributed by atoms with Gasteiger partial charge in [0, 0.05) is 31.6 Å². The summed E-state index contributed by atoms with van der Waals surface area (Å²) in [4.78, 5) is 34.2. The van der Waals surface area contributed by atoms with Gasteiger partial charge in [0.25, 0.3) is 11.5 Å². The van der Waals surface area contributed by atoms with Gasteiger partial charge >= 0.3 is 0 Å². The molecule has 0 aliphatic carbocycles. The van der Waals surface area contributed by atoms with E-state index in [0.717, 1.165) is 26.2 Å². The minimum absolute atomic E-state index is 0. The molecule has 2 atom stereocenters. The van der Waals surface area contributed by atoms with Crippen LogP contribution < -0.4 is 10.9 Å². The number of halogens is 1. The third kappa shape index (κ3) is 3.28. The van der Waals surface area contributed by atoms with Crippen LogP contribution in [0.1, 0.15) is 42.6 Å². The van der Waals surface area contributed by atoms with Crippen LogP contribution in [0.2, 0.25) is 0 Å². The van der Waals surface area contributed by atoms with Crippen molar-refractivity contribution in [3.05, 3.63) is 27.4 Å². The fraction of sp³-hybridized carbons (Fsp3) is 0.688. The molecule has 0 spiro atoms. The normalized spacial score (nSPS) is 23.6. The van der Waals surface area contributed by atoms with Gasteiger partial charge in [-0.2, -0.15) is 0 Å². The number of rotatable bonds is 1. The quantitative estimate of drug-likeness (QED) is 0.802. The van der Waals surface area contributed by atoms with Gasteiger partial charge < -0.3 is 15.2 Å². The molecule has 0 radical (unpaired) electrons. The Kier molecular flexibility index (Phi) is 4.87. The fourth-order valence-corrected chi connectivity index (χ4v) is 3.37. The molecule has 1 aromatic rings. The topological polar surface area (TPSA) is 78.1 Å². The highest BCUT2D eigenvalue weighted by atomic mass is 35.5. The lowest BCUT2D eigenvalue weighted by molar-refractivity contribution is 0.0778. The van der Waals surface area contributed by atoms with Gasteiger partial charge in [0.2, 0.25) is 0 Å². The number of likely N-dealkylation sites (tertiary alicyclic amines) is 1. The van der Waals surface area contributed by atoms with Gasteiger partial charge in [-0.05, 0) is 18.8 Å². The third-order valence-electron chi connectivity index (χ3n) is 4.70. The molecule has 7 heteroatoms. The Morgan fingerprint density at radius 3 is 2.26 bits per heavy atom. The number of fused-ring (bicyclic) bond motifs is 1. The highest BCUT2D eigenvalue weighted by Crippen LogP contribution is 2.27. The predicted molar refractivity (Wildman–Crippen MR) is 91.3 cm³/mol. The third-order valence-corrected chi connectivity index (χ3v) is 4.70. The second kappa shape index (κ2) is 6.24. The van der Waals surface area contributed by atoms with Crippen LogP contribution in [0.4, 0.5) is 0 Å². The Hall–Kier alpha value is -1.40. The first kappa shape index (κ1) is 17.9. The monoisotopic (exact) mass is 340 g/mol. The minimum atomic E-state index is -0.322. The first-order chi connectivity index (χ1) is 10.3. The van der Waals surface area contributed by atoms with Crippen molar-refractivity contribution in [2.45, 2.75) is 33.1 Å². The molecule has 2 N–H and O–H groups in total. The summed E-state index contributed by atoms with van der Waals surface area (Å²) in [7, 11) is 0. The second-order valence-corrected chi connectivity index (χ2v) is 7.51. The van der Waals surface area contributed by atoms with Crippen molar-refractivity contribution in [2.75, 3.05) is 26.2 Å². The molecule has 23 heavy (non-hydrogen) atoms. The maximum Gasteiger partial charge on any atom is 0.264 e. The first-order valence-corrected chi connectivity index (χ1v) is 7.88. The van der Waals surface area contributed by atoms with Crippen LogP contribution in [0, 0.1) is 18.8 Å². The Bertz CT molecular complexity index is 653. The molecule has 0 aromatic carbocycles. The standard InChI is InChI=1S/C16H24N4O2.ClH/c1-9-12(13(21)19-15(18-9)16(2,3)4)14(22)20-7-10-5-17-6-11(10)8-20;/h10-11,17H,5-8H2,1-4H3,(H,18,19,21);1H/t10-,11+;. The molecule has 0 bridgehead atoms.